The van der Waals surface area contributed by atoms with E-state index < -0.39 is 29.7 Å². The van der Waals surface area contributed by atoms with E-state index in [1.165, 1.54) is 0 Å². The fourth-order valence-corrected chi connectivity index (χ4v) is 1.73. The topological polar surface area (TPSA) is 203 Å². The van der Waals surface area contributed by atoms with Gasteiger partial charge in [-0.05, 0) is 6.42 Å². The van der Waals surface area contributed by atoms with Crippen LogP contribution in [0.15, 0.2) is 0 Å². The van der Waals surface area contributed by atoms with Crippen molar-refractivity contribution in [3.63, 3.8) is 0 Å². The third-order valence-electron chi connectivity index (χ3n) is 2.80. The van der Waals surface area contributed by atoms with Gasteiger partial charge in [0.2, 0.25) is 0 Å². The van der Waals surface area contributed by atoms with Crippen LogP contribution in [0.4, 0.5) is 0 Å². The zero-order chi connectivity index (χ0) is 15.8. The SMILES string of the molecule is NCCNC(N)(CC(C[C@H](N)C(=O)O)NCN)C(=O)O. The highest BCUT2D eigenvalue weighted by molar-refractivity contribution is 5.78. The maximum Gasteiger partial charge on any atom is 0.338 e. The highest BCUT2D eigenvalue weighted by atomic mass is 16.4. The zero-order valence-corrected chi connectivity index (χ0v) is 11.2. The number of carbonyl (C=O) groups is 2. The lowest BCUT2D eigenvalue weighted by molar-refractivity contribution is -0.145. The van der Waals surface area contributed by atoms with Crippen molar-refractivity contribution in [2.75, 3.05) is 19.8 Å². The van der Waals surface area contributed by atoms with Gasteiger partial charge in [-0.15, -0.1) is 0 Å². The summed E-state index contributed by atoms with van der Waals surface area (Å²) in [6.45, 7) is 0.475. The summed E-state index contributed by atoms with van der Waals surface area (Å²) in [4.78, 5) is 22.0. The number of nitrogens with two attached hydrogens (primary N) is 4. The normalized spacial score (nSPS) is 17.2. The van der Waals surface area contributed by atoms with Crippen molar-refractivity contribution in [1.29, 1.82) is 0 Å². The Kier molecular flexibility index (Phi) is 8.22. The smallest absolute Gasteiger partial charge is 0.338 e. The van der Waals surface area contributed by atoms with Crippen molar-refractivity contribution in [3.8, 4) is 0 Å². The monoisotopic (exact) mass is 292 g/mol. The predicted octanol–water partition coefficient (Wildman–Crippen LogP) is -3.66. The molecule has 20 heavy (non-hydrogen) atoms. The first-order valence-corrected chi connectivity index (χ1v) is 6.16. The van der Waals surface area contributed by atoms with Gasteiger partial charge in [-0.1, -0.05) is 0 Å². The minimum absolute atomic E-state index is 0.00304. The maximum atomic E-state index is 11.3. The first-order valence-electron chi connectivity index (χ1n) is 6.16. The zero-order valence-electron chi connectivity index (χ0n) is 11.2. The van der Waals surface area contributed by atoms with Crippen molar-refractivity contribution in [1.82, 2.24) is 10.6 Å². The van der Waals surface area contributed by atoms with Crippen molar-refractivity contribution in [2.45, 2.75) is 30.6 Å². The lowest BCUT2D eigenvalue weighted by Gasteiger charge is -2.31. The quantitative estimate of drug-likeness (QED) is 0.175. The number of carboxylic acids is 2. The molecule has 0 aromatic carbocycles. The second-order valence-electron chi connectivity index (χ2n) is 4.48. The van der Waals surface area contributed by atoms with Crippen LogP contribution in [0.25, 0.3) is 0 Å². The Morgan fingerprint density at radius 2 is 1.85 bits per heavy atom. The Balaban J connectivity index is 4.81. The first kappa shape index (κ1) is 18.7. The predicted molar refractivity (Wildman–Crippen MR) is 72.4 cm³/mol. The first-order chi connectivity index (χ1) is 9.26. The molecule has 118 valence electrons. The van der Waals surface area contributed by atoms with Gasteiger partial charge in [0, 0.05) is 32.2 Å². The van der Waals surface area contributed by atoms with Crippen LogP contribution in [0.3, 0.4) is 0 Å². The molecule has 12 N–H and O–H groups in total. The van der Waals surface area contributed by atoms with Gasteiger partial charge in [-0.3, -0.25) is 10.1 Å². The van der Waals surface area contributed by atoms with Gasteiger partial charge in [0.1, 0.15) is 6.04 Å². The Morgan fingerprint density at radius 3 is 2.25 bits per heavy atom. The fraction of sp³-hybridized carbons (Fsp3) is 0.800. The summed E-state index contributed by atoms with van der Waals surface area (Å²) < 4.78 is 0. The van der Waals surface area contributed by atoms with Crippen molar-refractivity contribution in [3.05, 3.63) is 0 Å². The summed E-state index contributed by atoms with van der Waals surface area (Å²) in [7, 11) is 0. The highest BCUT2D eigenvalue weighted by Gasteiger charge is 2.36. The minimum Gasteiger partial charge on any atom is -0.480 e. The molecular weight excluding hydrogens is 268 g/mol. The van der Waals surface area contributed by atoms with Crippen molar-refractivity contribution < 1.29 is 19.8 Å². The Hall–Kier alpha value is -1.30. The van der Waals surface area contributed by atoms with Gasteiger partial charge in [0.05, 0.1) is 0 Å². The largest absolute Gasteiger partial charge is 0.480 e. The maximum absolute atomic E-state index is 11.3. The van der Waals surface area contributed by atoms with Crippen LogP contribution in [-0.2, 0) is 9.59 Å². The molecule has 0 aliphatic carbocycles. The van der Waals surface area contributed by atoms with E-state index in [1.54, 1.807) is 0 Å². The van der Waals surface area contributed by atoms with Crippen LogP contribution in [0.1, 0.15) is 12.8 Å². The molecule has 2 unspecified atom stereocenters. The third kappa shape index (κ3) is 6.23. The van der Waals surface area contributed by atoms with E-state index in [2.05, 4.69) is 10.6 Å². The van der Waals surface area contributed by atoms with E-state index in [-0.39, 0.29) is 32.6 Å². The molecule has 0 fully saturated rings. The van der Waals surface area contributed by atoms with Gasteiger partial charge in [-0.25, -0.2) is 4.79 Å². The van der Waals surface area contributed by atoms with E-state index in [0.29, 0.717) is 0 Å². The van der Waals surface area contributed by atoms with E-state index >= 15 is 0 Å². The minimum atomic E-state index is -1.73. The second-order valence-corrected chi connectivity index (χ2v) is 4.48. The molecule has 0 aromatic rings. The number of carboxylic acid groups (broad SMARTS) is 2. The Bertz CT molecular complexity index is 329. The Morgan fingerprint density at radius 1 is 1.25 bits per heavy atom. The summed E-state index contributed by atoms with van der Waals surface area (Å²) >= 11 is 0. The van der Waals surface area contributed by atoms with E-state index in [1.807, 2.05) is 0 Å². The molecule has 0 spiro atoms. The summed E-state index contributed by atoms with van der Waals surface area (Å²) in [5, 5.41) is 23.4. The summed E-state index contributed by atoms with van der Waals surface area (Å²) in [5.41, 5.74) is 20.1. The van der Waals surface area contributed by atoms with Crippen LogP contribution in [0.5, 0.6) is 0 Å². The van der Waals surface area contributed by atoms with Crippen LogP contribution in [-0.4, -0.2) is 59.7 Å². The van der Waals surface area contributed by atoms with Gasteiger partial charge in [0.15, 0.2) is 5.66 Å². The van der Waals surface area contributed by atoms with Gasteiger partial charge < -0.3 is 38.5 Å². The van der Waals surface area contributed by atoms with Gasteiger partial charge >= 0.3 is 11.9 Å². The molecule has 0 aliphatic heterocycles. The molecule has 0 aliphatic rings. The Labute approximate surface area is 116 Å². The molecule has 10 heteroatoms. The molecule has 0 amide bonds. The number of aliphatic carboxylic acids is 2. The van der Waals surface area contributed by atoms with Crippen molar-refractivity contribution in [2.24, 2.45) is 22.9 Å². The van der Waals surface area contributed by atoms with Crippen molar-refractivity contribution >= 4 is 11.9 Å². The number of nitrogens with one attached hydrogen (secondary N) is 2. The number of hydrogen-bond acceptors (Lipinski definition) is 8. The van der Waals surface area contributed by atoms with Crippen LogP contribution in [0, 0.1) is 0 Å². The summed E-state index contributed by atoms with van der Waals surface area (Å²) in [5.74, 6) is -2.44. The molecule has 0 saturated heterocycles. The lowest BCUT2D eigenvalue weighted by Crippen LogP contribution is -2.63. The molecular formula is C10H24N6O4. The molecule has 10 nitrogen and oxygen atoms in total. The molecule has 0 saturated carbocycles. The molecule has 0 radical (unpaired) electrons. The molecule has 0 rings (SSSR count). The molecule has 3 atom stereocenters. The third-order valence-corrected chi connectivity index (χ3v) is 2.80. The number of rotatable bonds is 11. The summed E-state index contributed by atoms with van der Waals surface area (Å²) in [6.07, 6.45) is -0.0798. The number of hydrogen-bond donors (Lipinski definition) is 8. The van der Waals surface area contributed by atoms with Gasteiger partial charge in [0.25, 0.3) is 0 Å². The van der Waals surface area contributed by atoms with Crippen LogP contribution in [0.2, 0.25) is 0 Å². The average Bonchev–Trinajstić information content (AvgIpc) is 2.36. The van der Waals surface area contributed by atoms with Crippen LogP contribution >= 0.6 is 0 Å². The summed E-state index contributed by atoms with van der Waals surface area (Å²) in [6, 6.07) is -1.69. The molecule has 0 aromatic heterocycles. The van der Waals surface area contributed by atoms with Gasteiger partial charge in [-0.2, -0.15) is 0 Å². The van der Waals surface area contributed by atoms with Crippen LogP contribution < -0.4 is 33.6 Å². The standard InChI is InChI=1S/C10H24N6O4/c11-1-2-16-10(14,9(19)20)4-6(15-5-12)3-7(13)8(17)18/h6-7,15-16H,1-5,11-14H2,(H,17,18)(H,19,20)/t6?,7-,10?/m0/s1. The molecule has 0 bridgehead atoms. The second kappa shape index (κ2) is 8.79. The van der Waals surface area contributed by atoms with E-state index in [4.69, 9.17) is 28.0 Å². The highest BCUT2D eigenvalue weighted by Crippen LogP contribution is 2.11. The fourth-order valence-electron chi connectivity index (χ4n) is 1.73. The average molecular weight is 292 g/mol. The van der Waals surface area contributed by atoms with E-state index in [9.17, 15) is 14.7 Å². The lowest BCUT2D eigenvalue weighted by atomic mass is 9.95. The van der Waals surface area contributed by atoms with E-state index in [0.717, 1.165) is 0 Å². The molecule has 0 heterocycles.